The van der Waals surface area contributed by atoms with Crippen molar-refractivity contribution in [3.05, 3.63) is 30.1 Å². The minimum Gasteiger partial charge on any atom is -0.353 e. The molecular formula is C17H27FN2O3S2. The minimum atomic E-state index is -3.70. The molecule has 0 radical (unpaired) electrons. The first-order valence-corrected chi connectivity index (χ1v) is 11.0. The number of benzene rings is 1. The van der Waals surface area contributed by atoms with Gasteiger partial charge in [0.15, 0.2) is 0 Å². The van der Waals surface area contributed by atoms with Crippen molar-refractivity contribution >= 4 is 33.4 Å². The van der Waals surface area contributed by atoms with Crippen LogP contribution in [0.15, 0.2) is 24.3 Å². The van der Waals surface area contributed by atoms with E-state index in [2.05, 4.69) is 26.1 Å². The Morgan fingerprint density at radius 1 is 1.28 bits per heavy atom. The second-order valence-corrected chi connectivity index (χ2v) is 10.5. The average Bonchev–Trinajstić information content (AvgIpc) is 2.48. The number of carbonyl (C=O) groups is 1. The van der Waals surface area contributed by atoms with Crippen molar-refractivity contribution in [1.82, 2.24) is 5.32 Å². The van der Waals surface area contributed by atoms with Crippen LogP contribution < -0.4 is 9.62 Å². The standard InChI is InChI=1S/C17H27FN2O3S2/c1-6-15(16(21)19-11-12-24-17(2,3)4)20(25(5,22)23)14-9-7-13(18)8-10-14/h7-10,15H,6,11-12H2,1-5H3,(H,19,21)/t15-/m0/s1. The predicted octanol–water partition coefficient (Wildman–Crippen LogP) is 3.02. The summed E-state index contributed by atoms with van der Waals surface area (Å²) in [4.78, 5) is 12.5. The molecule has 1 atom stereocenters. The molecule has 1 aromatic carbocycles. The fraction of sp³-hybridized carbons (Fsp3) is 0.588. The first kappa shape index (κ1) is 21.8. The van der Waals surface area contributed by atoms with E-state index in [1.807, 2.05) is 0 Å². The number of amides is 1. The summed E-state index contributed by atoms with van der Waals surface area (Å²) < 4.78 is 38.8. The Morgan fingerprint density at radius 3 is 2.28 bits per heavy atom. The number of nitrogens with one attached hydrogen (secondary N) is 1. The Morgan fingerprint density at radius 2 is 1.84 bits per heavy atom. The van der Waals surface area contributed by atoms with Crippen molar-refractivity contribution in [3.63, 3.8) is 0 Å². The number of thioether (sulfide) groups is 1. The minimum absolute atomic E-state index is 0.0990. The molecule has 0 fully saturated rings. The van der Waals surface area contributed by atoms with Crippen LogP contribution in [0.3, 0.4) is 0 Å². The molecule has 0 aliphatic carbocycles. The Hall–Kier alpha value is -1.28. The van der Waals surface area contributed by atoms with Crippen molar-refractivity contribution in [2.24, 2.45) is 0 Å². The average molecular weight is 391 g/mol. The van der Waals surface area contributed by atoms with E-state index in [0.29, 0.717) is 13.0 Å². The molecule has 0 saturated heterocycles. The highest BCUT2D eigenvalue weighted by Gasteiger charge is 2.31. The highest BCUT2D eigenvalue weighted by molar-refractivity contribution is 8.00. The van der Waals surface area contributed by atoms with Crippen LogP contribution >= 0.6 is 11.8 Å². The number of nitrogens with zero attached hydrogens (tertiary/aromatic N) is 1. The molecule has 0 heterocycles. The van der Waals surface area contributed by atoms with Crippen LogP contribution in [-0.4, -0.2) is 43.7 Å². The summed E-state index contributed by atoms with van der Waals surface area (Å²) >= 11 is 1.72. The van der Waals surface area contributed by atoms with Crippen molar-refractivity contribution in [3.8, 4) is 0 Å². The molecule has 1 aromatic rings. The number of hydrogen-bond donors (Lipinski definition) is 1. The summed E-state index contributed by atoms with van der Waals surface area (Å²) in [6.45, 7) is 8.48. The first-order chi connectivity index (χ1) is 11.5. The fourth-order valence-corrected chi connectivity index (χ4v) is 4.33. The van der Waals surface area contributed by atoms with Gasteiger partial charge in [-0.1, -0.05) is 27.7 Å². The molecule has 142 valence electrons. The van der Waals surface area contributed by atoms with E-state index < -0.39 is 21.9 Å². The van der Waals surface area contributed by atoms with Gasteiger partial charge in [-0.2, -0.15) is 11.8 Å². The van der Waals surface area contributed by atoms with Gasteiger partial charge >= 0.3 is 0 Å². The highest BCUT2D eigenvalue weighted by atomic mass is 32.2. The number of hydrogen-bond acceptors (Lipinski definition) is 4. The monoisotopic (exact) mass is 390 g/mol. The van der Waals surface area contributed by atoms with E-state index in [9.17, 15) is 17.6 Å². The second kappa shape index (κ2) is 8.89. The molecule has 0 bridgehead atoms. The molecule has 5 nitrogen and oxygen atoms in total. The third-order valence-corrected chi connectivity index (χ3v) is 5.80. The van der Waals surface area contributed by atoms with E-state index in [0.717, 1.165) is 16.3 Å². The van der Waals surface area contributed by atoms with Gasteiger partial charge in [0.25, 0.3) is 0 Å². The van der Waals surface area contributed by atoms with E-state index in [1.54, 1.807) is 18.7 Å². The SMILES string of the molecule is CC[C@@H](C(=O)NCCSC(C)(C)C)N(c1ccc(F)cc1)S(C)(=O)=O. The zero-order valence-corrected chi connectivity index (χ0v) is 17.0. The number of anilines is 1. The summed E-state index contributed by atoms with van der Waals surface area (Å²) in [5, 5.41) is 2.80. The molecule has 1 N–H and O–H groups in total. The van der Waals surface area contributed by atoms with Crippen molar-refractivity contribution < 1.29 is 17.6 Å². The largest absolute Gasteiger partial charge is 0.353 e. The van der Waals surface area contributed by atoms with Crippen molar-refractivity contribution in [2.75, 3.05) is 22.9 Å². The summed E-state index contributed by atoms with van der Waals surface area (Å²) in [5.41, 5.74) is 0.273. The lowest BCUT2D eigenvalue weighted by Crippen LogP contribution is -2.49. The lowest BCUT2D eigenvalue weighted by atomic mass is 10.2. The summed E-state index contributed by atoms with van der Waals surface area (Å²) in [6.07, 6.45) is 1.35. The number of halogens is 1. The van der Waals surface area contributed by atoms with Crippen LogP contribution in [0.4, 0.5) is 10.1 Å². The third-order valence-electron chi connectivity index (χ3n) is 3.35. The Labute approximate surface area is 154 Å². The number of rotatable bonds is 8. The molecule has 1 rings (SSSR count). The van der Waals surface area contributed by atoms with Gasteiger partial charge in [0.2, 0.25) is 15.9 Å². The first-order valence-electron chi connectivity index (χ1n) is 8.12. The summed E-state index contributed by atoms with van der Waals surface area (Å²) in [7, 11) is -3.70. The molecule has 0 unspecified atom stereocenters. The molecule has 1 amide bonds. The van der Waals surface area contributed by atoms with Crippen molar-refractivity contribution in [2.45, 2.75) is 44.9 Å². The summed E-state index contributed by atoms with van der Waals surface area (Å²) in [5.74, 6) is -0.0816. The van der Waals surface area contributed by atoms with Gasteiger partial charge in [-0.25, -0.2) is 12.8 Å². The highest BCUT2D eigenvalue weighted by Crippen LogP contribution is 2.24. The molecule has 0 aromatic heterocycles. The quantitative estimate of drug-likeness (QED) is 0.693. The van der Waals surface area contributed by atoms with Gasteiger partial charge in [-0.15, -0.1) is 0 Å². The van der Waals surface area contributed by atoms with Gasteiger partial charge in [0, 0.05) is 17.0 Å². The maximum atomic E-state index is 13.1. The summed E-state index contributed by atoms with van der Waals surface area (Å²) in [6, 6.07) is 4.21. The zero-order chi connectivity index (χ0) is 19.3. The predicted molar refractivity (Wildman–Crippen MR) is 103 cm³/mol. The number of sulfonamides is 1. The molecule has 25 heavy (non-hydrogen) atoms. The van der Waals surface area contributed by atoms with Gasteiger partial charge < -0.3 is 5.32 Å². The van der Waals surface area contributed by atoms with E-state index in [1.165, 1.54) is 24.3 Å². The molecule has 0 saturated carbocycles. The topological polar surface area (TPSA) is 66.5 Å². The van der Waals surface area contributed by atoms with Crippen LogP contribution in [0.2, 0.25) is 0 Å². The Bertz CT molecular complexity index is 670. The molecule has 0 aliphatic rings. The van der Waals surface area contributed by atoms with Gasteiger partial charge in [-0.3, -0.25) is 9.10 Å². The molecule has 0 aliphatic heterocycles. The molecule has 0 spiro atoms. The van der Waals surface area contributed by atoms with Gasteiger partial charge in [0.05, 0.1) is 11.9 Å². The molecule has 8 heteroatoms. The lowest BCUT2D eigenvalue weighted by molar-refractivity contribution is -0.122. The van der Waals surface area contributed by atoms with Gasteiger partial charge in [-0.05, 0) is 30.7 Å². The Kier molecular flexibility index (Phi) is 7.74. The smallest absolute Gasteiger partial charge is 0.243 e. The van der Waals surface area contributed by atoms with Gasteiger partial charge in [0.1, 0.15) is 11.9 Å². The van der Waals surface area contributed by atoms with E-state index in [-0.39, 0.29) is 16.3 Å². The molecular weight excluding hydrogens is 363 g/mol. The number of carbonyl (C=O) groups excluding carboxylic acids is 1. The zero-order valence-electron chi connectivity index (χ0n) is 15.4. The van der Waals surface area contributed by atoms with Crippen LogP contribution in [-0.2, 0) is 14.8 Å². The van der Waals surface area contributed by atoms with Crippen molar-refractivity contribution in [1.29, 1.82) is 0 Å². The van der Waals surface area contributed by atoms with Crippen LogP contribution in [0.5, 0.6) is 0 Å². The second-order valence-electron chi connectivity index (χ2n) is 6.71. The maximum absolute atomic E-state index is 13.1. The van der Waals surface area contributed by atoms with Crippen LogP contribution in [0.25, 0.3) is 0 Å². The normalized spacial score (nSPS) is 13.4. The lowest BCUT2D eigenvalue weighted by Gasteiger charge is -2.30. The van der Waals surface area contributed by atoms with Crippen LogP contribution in [0, 0.1) is 5.82 Å². The van der Waals surface area contributed by atoms with Crippen LogP contribution in [0.1, 0.15) is 34.1 Å². The fourth-order valence-electron chi connectivity index (χ4n) is 2.30. The maximum Gasteiger partial charge on any atom is 0.243 e. The van der Waals surface area contributed by atoms with E-state index >= 15 is 0 Å². The Balaban J connectivity index is 2.91. The third kappa shape index (κ3) is 7.23. The van der Waals surface area contributed by atoms with E-state index in [4.69, 9.17) is 0 Å².